The zero-order valence-electron chi connectivity index (χ0n) is 10.00. The normalized spacial score (nSPS) is 11.9. The molecule has 0 heterocycles. The minimum atomic E-state index is -0.500. The molecule has 0 aliphatic heterocycles. The van der Waals surface area contributed by atoms with Crippen molar-refractivity contribution in [3.63, 3.8) is 0 Å². The second kappa shape index (κ2) is 6.40. The van der Waals surface area contributed by atoms with Gasteiger partial charge in [-0.1, -0.05) is 24.3 Å². The topological polar surface area (TPSA) is 46.2 Å². The highest BCUT2D eigenvalue weighted by molar-refractivity contribution is 6.33. The standard InChI is InChI=1S/C13H16ClNO2/c1-9(14)13(17)12-5-3-11(4-6-12)7-8-15-10(2)16/h3-6,9H,7-8H2,1-2H3,(H,15,16)/t9-/m1/s1. The lowest BCUT2D eigenvalue weighted by Crippen LogP contribution is -2.22. The maximum atomic E-state index is 11.6. The zero-order chi connectivity index (χ0) is 12.8. The van der Waals surface area contributed by atoms with Gasteiger partial charge in [-0.15, -0.1) is 11.6 Å². The fourth-order valence-corrected chi connectivity index (χ4v) is 1.57. The van der Waals surface area contributed by atoms with Crippen LogP contribution in [0.3, 0.4) is 0 Å². The van der Waals surface area contributed by atoms with Crippen LogP contribution in [0.5, 0.6) is 0 Å². The summed E-state index contributed by atoms with van der Waals surface area (Å²) in [5.74, 6) is -0.104. The molecule has 0 unspecified atom stereocenters. The van der Waals surface area contributed by atoms with E-state index in [1.165, 1.54) is 6.92 Å². The predicted molar refractivity (Wildman–Crippen MR) is 68.5 cm³/mol. The lowest BCUT2D eigenvalue weighted by Gasteiger charge is -2.05. The van der Waals surface area contributed by atoms with E-state index < -0.39 is 5.38 Å². The third kappa shape index (κ3) is 4.57. The first-order valence-electron chi connectivity index (χ1n) is 5.52. The van der Waals surface area contributed by atoms with E-state index in [-0.39, 0.29) is 11.7 Å². The maximum absolute atomic E-state index is 11.6. The molecule has 1 N–H and O–H groups in total. The summed E-state index contributed by atoms with van der Waals surface area (Å²) in [6.07, 6.45) is 0.754. The van der Waals surface area contributed by atoms with Crippen LogP contribution >= 0.6 is 11.6 Å². The molecule has 17 heavy (non-hydrogen) atoms. The Hall–Kier alpha value is -1.35. The number of nitrogens with one attached hydrogen (secondary N) is 1. The molecule has 4 heteroatoms. The summed E-state index contributed by atoms with van der Waals surface area (Å²) in [4.78, 5) is 22.3. The van der Waals surface area contributed by atoms with E-state index in [1.807, 2.05) is 12.1 Å². The zero-order valence-corrected chi connectivity index (χ0v) is 10.8. The monoisotopic (exact) mass is 253 g/mol. The number of amides is 1. The van der Waals surface area contributed by atoms with E-state index in [9.17, 15) is 9.59 Å². The van der Waals surface area contributed by atoms with Gasteiger partial charge in [0.1, 0.15) is 0 Å². The smallest absolute Gasteiger partial charge is 0.216 e. The van der Waals surface area contributed by atoms with Crippen LogP contribution in [0, 0.1) is 0 Å². The van der Waals surface area contributed by atoms with Crippen LogP contribution in [-0.4, -0.2) is 23.6 Å². The third-order valence-electron chi connectivity index (χ3n) is 2.39. The highest BCUT2D eigenvalue weighted by Crippen LogP contribution is 2.10. The van der Waals surface area contributed by atoms with Gasteiger partial charge in [0.15, 0.2) is 5.78 Å². The van der Waals surface area contributed by atoms with Crippen LogP contribution in [-0.2, 0) is 11.2 Å². The quantitative estimate of drug-likeness (QED) is 0.646. The first kappa shape index (κ1) is 13.7. The van der Waals surface area contributed by atoms with Gasteiger partial charge >= 0.3 is 0 Å². The number of hydrogen-bond donors (Lipinski definition) is 1. The fraction of sp³-hybridized carbons (Fsp3) is 0.385. The molecule has 0 radical (unpaired) electrons. The highest BCUT2D eigenvalue weighted by Gasteiger charge is 2.11. The van der Waals surface area contributed by atoms with Crippen LogP contribution in [0.1, 0.15) is 29.8 Å². The molecule has 1 aromatic rings. The average molecular weight is 254 g/mol. The van der Waals surface area contributed by atoms with Crippen LogP contribution in [0.25, 0.3) is 0 Å². The fourth-order valence-electron chi connectivity index (χ4n) is 1.45. The Morgan fingerprint density at radius 2 is 1.88 bits per heavy atom. The Bertz CT molecular complexity index is 398. The number of ketones is 1. The van der Waals surface area contributed by atoms with Crippen molar-refractivity contribution < 1.29 is 9.59 Å². The van der Waals surface area contributed by atoms with Crippen molar-refractivity contribution in [1.82, 2.24) is 5.32 Å². The summed E-state index contributed by atoms with van der Waals surface area (Å²) in [5.41, 5.74) is 1.70. The molecule has 1 amide bonds. The Morgan fingerprint density at radius 3 is 2.35 bits per heavy atom. The number of halogens is 1. The summed E-state index contributed by atoms with van der Waals surface area (Å²) in [5, 5.41) is 2.22. The Kier molecular flexibility index (Phi) is 5.16. The average Bonchev–Trinajstić information content (AvgIpc) is 2.28. The molecule has 0 spiro atoms. The van der Waals surface area contributed by atoms with Crippen molar-refractivity contribution in [2.45, 2.75) is 25.6 Å². The lowest BCUT2D eigenvalue weighted by atomic mass is 10.0. The number of alkyl halides is 1. The number of carbonyl (C=O) groups excluding carboxylic acids is 2. The van der Waals surface area contributed by atoms with Gasteiger partial charge in [0.05, 0.1) is 5.38 Å². The molecular weight excluding hydrogens is 238 g/mol. The van der Waals surface area contributed by atoms with Gasteiger partial charge < -0.3 is 5.32 Å². The van der Waals surface area contributed by atoms with E-state index in [0.29, 0.717) is 12.1 Å². The molecule has 1 atom stereocenters. The molecule has 0 fully saturated rings. The van der Waals surface area contributed by atoms with Crippen molar-refractivity contribution >= 4 is 23.3 Å². The van der Waals surface area contributed by atoms with E-state index >= 15 is 0 Å². The van der Waals surface area contributed by atoms with Gasteiger partial charge in [0, 0.05) is 19.0 Å². The molecule has 0 aliphatic rings. The van der Waals surface area contributed by atoms with Crippen molar-refractivity contribution in [2.75, 3.05) is 6.54 Å². The first-order chi connectivity index (χ1) is 8.00. The Morgan fingerprint density at radius 1 is 1.29 bits per heavy atom. The van der Waals surface area contributed by atoms with Gasteiger partial charge in [-0.2, -0.15) is 0 Å². The maximum Gasteiger partial charge on any atom is 0.216 e. The molecule has 1 aromatic carbocycles. The van der Waals surface area contributed by atoms with Gasteiger partial charge in [0.2, 0.25) is 5.91 Å². The van der Waals surface area contributed by atoms with E-state index in [4.69, 9.17) is 11.6 Å². The van der Waals surface area contributed by atoms with Gasteiger partial charge in [0.25, 0.3) is 0 Å². The molecule has 0 bridgehead atoms. The minimum Gasteiger partial charge on any atom is -0.356 e. The molecular formula is C13H16ClNO2. The third-order valence-corrected chi connectivity index (χ3v) is 2.59. The number of rotatable bonds is 5. The Balaban J connectivity index is 2.56. The number of carbonyl (C=O) groups is 2. The summed E-state index contributed by atoms with van der Waals surface area (Å²) in [6.45, 7) is 3.76. The van der Waals surface area contributed by atoms with E-state index in [1.54, 1.807) is 19.1 Å². The summed E-state index contributed by atoms with van der Waals surface area (Å²) in [7, 11) is 0. The molecule has 0 saturated carbocycles. The highest BCUT2D eigenvalue weighted by atomic mass is 35.5. The number of benzene rings is 1. The van der Waals surface area contributed by atoms with Crippen LogP contribution < -0.4 is 5.32 Å². The van der Waals surface area contributed by atoms with Crippen molar-refractivity contribution in [3.05, 3.63) is 35.4 Å². The largest absolute Gasteiger partial charge is 0.356 e. The SMILES string of the molecule is CC(=O)NCCc1ccc(C(=O)[C@@H](C)Cl)cc1. The van der Waals surface area contributed by atoms with Crippen molar-refractivity contribution in [2.24, 2.45) is 0 Å². The second-order valence-electron chi connectivity index (χ2n) is 3.91. The summed E-state index contributed by atoms with van der Waals surface area (Å²) >= 11 is 5.72. The van der Waals surface area contributed by atoms with Crippen LogP contribution in [0.4, 0.5) is 0 Å². The predicted octanol–water partition coefficient (Wildman–Crippen LogP) is 2.18. The molecule has 92 valence electrons. The first-order valence-corrected chi connectivity index (χ1v) is 5.96. The second-order valence-corrected chi connectivity index (χ2v) is 4.56. The summed E-state index contributed by atoms with van der Waals surface area (Å²) in [6, 6.07) is 7.30. The van der Waals surface area contributed by atoms with Crippen molar-refractivity contribution in [1.29, 1.82) is 0 Å². The minimum absolute atomic E-state index is 0.0345. The van der Waals surface area contributed by atoms with Crippen molar-refractivity contribution in [3.8, 4) is 0 Å². The lowest BCUT2D eigenvalue weighted by molar-refractivity contribution is -0.118. The molecule has 0 aromatic heterocycles. The summed E-state index contributed by atoms with van der Waals surface area (Å²) < 4.78 is 0. The van der Waals surface area contributed by atoms with Gasteiger partial charge in [-0.25, -0.2) is 0 Å². The number of hydrogen-bond acceptors (Lipinski definition) is 2. The molecule has 3 nitrogen and oxygen atoms in total. The molecule has 0 aliphatic carbocycles. The van der Waals surface area contributed by atoms with Gasteiger partial charge in [-0.3, -0.25) is 9.59 Å². The molecule has 1 rings (SSSR count). The molecule has 0 saturated heterocycles. The number of Topliss-reactive ketones (excluding diaryl/α,β-unsaturated/α-hetero) is 1. The van der Waals surface area contributed by atoms with Crippen LogP contribution in [0.15, 0.2) is 24.3 Å². The van der Waals surface area contributed by atoms with E-state index in [0.717, 1.165) is 12.0 Å². The van der Waals surface area contributed by atoms with Gasteiger partial charge in [-0.05, 0) is 18.9 Å². The Labute approximate surface area is 106 Å². The van der Waals surface area contributed by atoms with Crippen LogP contribution in [0.2, 0.25) is 0 Å². The van der Waals surface area contributed by atoms with E-state index in [2.05, 4.69) is 5.32 Å².